The minimum Gasteiger partial charge on any atom is -0.383 e. The molecular weight excluding hydrogens is 408 g/mol. The van der Waals surface area contributed by atoms with Gasteiger partial charge in [-0.05, 0) is 38.8 Å². The zero-order valence-electron chi connectivity index (χ0n) is 17.5. The first-order chi connectivity index (χ1) is 15.5. The number of rotatable bonds is 5. The van der Waals surface area contributed by atoms with E-state index in [0.717, 1.165) is 12.8 Å². The van der Waals surface area contributed by atoms with Gasteiger partial charge in [0.05, 0.1) is 16.9 Å². The first kappa shape index (κ1) is 19.7. The van der Waals surface area contributed by atoms with Crippen LogP contribution in [-0.2, 0) is 0 Å². The molecule has 10 nitrogen and oxygen atoms in total. The van der Waals surface area contributed by atoms with Crippen LogP contribution in [-0.4, -0.2) is 29.7 Å². The Kier molecular flexibility index (Phi) is 4.59. The topological polar surface area (TPSA) is 138 Å². The number of nitrogens with zero attached hydrogens (tertiary/aromatic N) is 6. The van der Waals surface area contributed by atoms with Crippen LogP contribution in [0.2, 0.25) is 0 Å². The van der Waals surface area contributed by atoms with Crippen molar-refractivity contribution in [2.45, 2.75) is 38.8 Å². The van der Waals surface area contributed by atoms with Gasteiger partial charge in [0, 0.05) is 11.6 Å². The van der Waals surface area contributed by atoms with Crippen molar-refractivity contribution in [1.29, 1.82) is 0 Å². The fraction of sp³-hybridized carbons (Fsp3) is 0.273. The normalized spacial score (nSPS) is 14.3. The van der Waals surface area contributed by atoms with Crippen LogP contribution in [0.1, 0.15) is 49.1 Å². The van der Waals surface area contributed by atoms with Gasteiger partial charge in [0.1, 0.15) is 29.4 Å². The highest BCUT2D eigenvalue weighted by Crippen LogP contribution is 2.37. The van der Waals surface area contributed by atoms with E-state index in [1.54, 1.807) is 29.7 Å². The fourth-order valence-electron chi connectivity index (χ4n) is 3.76. The molecule has 32 heavy (non-hydrogen) atoms. The van der Waals surface area contributed by atoms with Crippen LogP contribution in [0.3, 0.4) is 0 Å². The molecule has 0 saturated heterocycles. The van der Waals surface area contributed by atoms with Gasteiger partial charge >= 0.3 is 0 Å². The highest BCUT2D eigenvalue weighted by atomic mass is 16.5. The first-order valence-corrected chi connectivity index (χ1v) is 10.2. The lowest BCUT2D eigenvalue weighted by Crippen LogP contribution is -2.28. The summed E-state index contributed by atoms with van der Waals surface area (Å²) in [4.78, 5) is 30.9. The molecule has 0 unspecified atom stereocenters. The second kappa shape index (κ2) is 7.46. The van der Waals surface area contributed by atoms with E-state index in [4.69, 9.17) is 21.7 Å². The van der Waals surface area contributed by atoms with Gasteiger partial charge in [-0.2, -0.15) is 4.98 Å². The van der Waals surface area contributed by atoms with E-state index in [0.29, 0.717) is 39.5 Å². The Balaban J connectivity index is 1.62. The quantitative estimate of drug-likeness (QED) is 0.459. The van der Waals surface area contributed by atoms with E-state index >= 15 is 0 Å². The summed E-state index contributed by atoms with van der Waals surface area (Å²) in [5.74, 6) is 4.46. The van der Waals surface area contributed by atoms with Gasteiger partial charge in [0.2, 0.25) is 0 Å². The second-order valence-electron chi connectivity index (χ2n) is 7.72. The highest BCUT2D eigenvalue weighted by Gasteiger charge is 2.31. The maximum absolute atomic E-state index is 13.4. The van der Waals surface area contributed by atoms with Crippen LogP contribution < -0.4 is 16.6 Å². The smallest absolute Gasteiger partial charge is 0.265 e. The van der Waals surface area contributed by atoms with Crippen LogP contribution in [0.5, 0.6) is 0 Å². The van der Waals surface area contributed by atoms with E-state index in [9.17, 15) is 4.79 Å². The summed E-state index contributed by atoms with van der Waals surface area (Å²) in [5.41, 5.74) is 7.45. The molecule has 3 N–H and O–H groups in total. The van der Waals surface area contributed by atoms with E-state index < -0.39 is 0 Å². The Morgan fingerprint density at radius 1 is 1.31 bits per heavy atom. The summed E-state index contributed by atoms with van der Waals surface area (Å²) in [6.45, 7) is 3.61. The van der Waals surface area contributed by atoms with Gasteiger partial charge in [-0.25, -0.2) is 15.0 Å². The third-order valence-electron chi connectivity index (χ3n) is 5.38. The number of terminal acetylenes is 1. The third kappa shape index (κ3) is 3.24. The largest absolute Gasteiger partial charge is 0.383 e. The second-order valence-corrected chi connectivity index (χ2v) is 7.72. The fourth-order valence-corrected chi connectivity index (χ4v) is 3.76. The lowest BCUT2D eigenvalue weighted by molar-refractivity contribution is 0.425. The Labute approximate surface area is 182 Å². The third-order valence-corrected chi connectivity index (χ3v) is 5.38. The van der Waals surface area contributed by atoms with Gasteiger partial charge in [0.15, 0.2) is 5.82 Å². The van der Waals surface area contributed by atoms with E-state index in [1.807, 2.05) is 6.92 Å². The minimum absolute atomic E-state index is 0.0954. The Bertz CT molecular complexity index is 1440. The van der Waals surface area contributed by atoms with Crippen LogP contribution >= 0.6 is 0 Å². The van der Waals surface area contributed by atoms with Crippen molar-refractivity contribution in [3.63, 3.8) is 0 Å². The average molecular weight is 428 g/mol. The molecule has 0 bridgehead atoms. The number of nitrogens with two attached hydrogens (primary N) is 1. The maximum atomic E-state index is 13.4. The molecule has 1 aliphatic carbocycles. The Morgan fingerprint density at radius 3 is 2.81 bits per heavy atom. The zero-order valence-corrected chi connectivity index (χ0v) is 17.5. The van der Waals surface area contributed by atoms with Crippen LogP contribution in [0, 0.1) is 19.3 Å². The molecule has 0 spiro atoms. The highest BCUT2D eigenvalue weighted by molar-refractivity contribution is 5.84. The number of nitrogen functional groups attached to an aromatic ring is 1. The summed E-state index contributed by atoms with van der Waals surface area (Å²) in [6, 6.07) is 5.05. The SMILES string of the molecule is C#Cc1cccc2nc([C@H](C)Nc3ncnc(N)c3-c3nc(C)no3)n(C3CC3)c(=O)c12. The molecule has 1 fully saturated rings. The molecule has 3 aromatic heterocycles. The monoisotopic (exact) mass is 428 g/mol. The molecule has 160 valence electrons. The molecule has 4 aromatic rings. The van der Waals surface area contributed by atoms with Crippen molar-refractivity contribution in [1.82, 2.24) is 29.7 Å². The van der Waals surface area contributed by atoms with Gasteiger partial charge < -0.3 is 15.6 Å². The molecular formula is C22H20N8O2. The number of fused-ring (bicyclic) bond motifs is 1. The summed E-state index contributed by atoms with van der Waals surface area (Å²) >= 11 is 0. The molecule has 3 heterocycles. The number of hydrogen-bond donors (Lipinski definition) is 2. The van der Waals surface area contributed by atoms with E-state index in [-0.39, 0.29) is 29.4 Å². The zero-order chi connectivity index (χ0) is 22.4. The lowest BCUT2D eigenvalue weighted by Gasteiger charge is -2.21. The Morgan fingerprint density at radius 2 is 2.12 bits per heavy atom. The van der Waals surface area contributed by atoms with Crippen molar-refractivity contribution in [3.05, 3.63) is 52.1 Å². The van der Waals surface area contributed by atoms with Crippen molar-refractivity contribution >= 4 is 22.5 Å². The van der Waals surface area contributed by atoms with Crippen LogP contribution in [0.15, 0.2) is 33.8 Å². The summed E-state index contributed by atoms with van der Waals surface area (Å²) in [5, 5.41) is 7.58. The summed E-state index contributed by atoms with van der Waals surface area (Å²) < 4.78 is 7.02. The predicted molar refractivity (Wildman–Crippen MR) is 119 cm³/mol. The molecule has 0 radical (unpaired) electrons. The first-order valence-electron chi connectivity index (χ1n) is 10.2. The Hall–Kier alpha value is -4.26. The molecule has 5 rings (SSSR count). The van der Waals surface area contributed by atoms with Crippen molar-refractivity contribution in [2.75, 3.05) is 11.1 Å². The number of hydrogen-bond acceptors (Lipinski definition) is 9. The van der Waals surface area contributed by atoms with Gasteiger partial charge in [0.25, 0.3) is 11.4 Å². The number of benzene rings is 1. The molecule has 0 amide bonds. The maximum Gasteiger partial charge on any atom is 0.265 e. The van der Waals surface area contributed by atoms with Crippen molar-refractivity contribution in [2.24, 2.45) is 0 Å². The van der Waals surface area contributed by atoms with Gasteiger partial charge in [-0.15, -0.1) is 6.42 Å². The molecule has 10 heteroatoms. The van der Waals surface area contributed by atoms with Crippen molar-refractivity contribution in [3.8, 4) is 23.8 Å². The number of aromatic nitrogens is 6. The molecule has 1 aromatic carbocycles. The summed E-state index contributed by atoms with van der Waals surface area (Å²) in [7, 11) is 0. The molecule has 0 aliphatic heterocycles. The standard InChI is InChI=1S/C22H20N8O2/c1-4-13-6-5-7-15-16(13)22(31)30(14-8-9-14)20(28-15)11(2)26-19-17(18(23)24-10-25-19)21-27-12(3)29-32-21/h1,5-7,10-11,14H,8-9H2,2-3H3,(H3,23,24,25,26)/t11-/m0/s1. The van der Waals surface area contributed by atoms with E-state index in [2.05, 4.69) is 31.3 Å². The van der Waals surface area contributed by atoms with Gasteiger partial charge in [-0.1, -0.05) is 17.1 Å². The molecule has 1 aliphatic rings. The number of anilines is 2. The number of aryl methyl sites for hydroxylation is 1. The molecule has 1 atom stereocenters. The number of nitrogens with one attached hydrogen (secondary N) is 1. The average Bonchev–Trinajstić information content (AvgIpc) is 3.53. The molecule has 1 saturated carbocycles. The van der Waals surface area contributed by atoms with Crippen LogP contribution in [0.25, 0.3) is 22.4 Å². The van der Waals surface area contributed by atoms with Crippen LogP contribution in [0.4, 0.5) is 11.6 Å². The predicted octanol–water partition coefficient (Wildman–Crippen LogP) is 2.62. The minimum atomic E-state index is -0.390. The summed E-state index contributed by atoms with van der Waals surface area (Å²) in [6.07, 6.45) is 8.80. The van der Waals surface area contributed by atoms with E-state index in [1.165, 1.54) is 6.33 Å². The lowest BCUT2D eigenvalue weighted by atomic mass is 10.1. The van der Waals surface area contributed by atoms with Crippen molar-refractivity contribution < 1.29 is 4.52 Å². The van der Waals surface area contributed by atoms with Gasteiger partial charge in [-0.3, -0.25) is 9.36 Å².